The summed E-state index contributed by atoms with van der Waals surface area (Å²) in [5, 5.41) is 1.49. The first-order valence-electron chi connectivity index (χ1n) is 15.8. The standard InChI is InChI=1S/C23H29.2C6H4Cl.C5H5.CH2.2ClH.Hf/c1-14-9-16-11-17-10-15(2)21(23(6,7)8)13-19(17)18(16)12-20(14)22(3,4)5;2*7-6-4-2-1-3-5-6;1-2-4-5-3-1;;;;/h9,12-13H,11H2,1-8H3;2*2-5H;1-3H,4H2;1H2;2*1H;. The van der Waals surface area contributed by atoms with E-state index in [2.05, 4.69) is 140 Å². The number of fused-ring (bicyclic) bond motifs is 3. The summed E-state index contributed by atoms with van der Waals surface area (Å²) in [5.41, 5.74) is 11.2. The summed E-state index contributed by atoms with van der Waals surface area (Å²) in [6, 6.07) is 24.8. The number of aryl methyl sites for hydroxylation is 1. The average Bonchev–Trinajstić information content (AvgIpc) is 3.60. The first-order valence-corrected chi connectivity index (χ1v) is 26.3. The van der Waals surface area contributed by atoms with Crippen LogP contribution in [0.4, 0.5) is 0 Å². The average molecular weight is 859 g/mol. The second kappa shape index (κ2) is 12.6. The van der Waals surface area contributed by atoms with Crippen LogP contribution in [0.5, 0.6) is 0 Å². The van der Waals surface area contributed by atoms with E-state index in [0.717, 1.165) is 22.9 Å². The van der Waals surface area contributed by atoms with Crippen LogP contribution in [-0.4, -0.2) is 4.26 Å². The van der Waals surface area contributed by atoms with Crippen molar-refractivity contribution in [3.8, 4) is 11.1 Å². The van der Waals surface area contributed by atoms with Crippen molar-refractivity contribution in [3.05, 3.63) is 132 Å². The van der Waals surface area contributed by atoms with E-state index >= 15 is 0 Å². The SMILES string of the molecule is Cl.Cl.[CH2]=[Hf]([C]1=CC=CC1)([c]1ccc(Cl)cc1)([c]1ccc(Cl)cc1)[c]1c(C)c(C(C)(C)C)cc2c1Cc1cc(C)c(C(C)(C)C)cc1-2. The van der Waals surface area contributed by atoms with Gasteiger partial charge in [0, 0.05) is 0 Å². The summed E-state index contributed by atoms with van der Waals surface area (Å²) in [6.45, 7) is 18.7. The van der Waals surface area contributed by atoms with Crippen LogP contribution >= 0.6 is 48.0 Å². The summed E-state index contributed by atoms with van der Waals surface area (Å²) in [6.07, 6.45) is 8.74. The molecular formula is C41H46Cl4Hf. The molecule has 0 fully saturated rings. The topological polar surface area (TPSA) is 0 Å². The Morgan fingerprint density at radius 1 is 0.696 bits per heavy atom. The third-order valence-corrected chi connectivity index (χ3v) is 35.3. The molecule has 0 aromatic heterocycles. The van der Waals surface area contributed by atoms with Crippen molar-refractivity contribution < 1.29 is 18.0 Å². The van der Waals surface area contributed by atoms with E-state index in [1.165, 1.54) is 57.8 Å². The fraction of sp³-hybridized carbons (Fsp3) is 0.293. The number of allylic oxidation sites excluding steroid dienone is 4. The summed E-state index contributed by atoms with van der Waals surface area (Å²) < 4.78 is 11.3. The molecule has 5 heteroatoms. The molecule has 0 N–H and O–H groups in total. The zero-order chi connectivity index (χ0) is 31.8. The minimum absolute atomic E-state index is 0. The quantitative estimate of drug-likeness (QED) is 0.158. The summed E-state index contributed by atoms with van der Waals surface area (Å²) in [7, 11) is 0. The molecule has 0 spiro atoms. The predicted octanol–water partition coefficient (Wildman–Crippen LogP) is 10.9. The molecule has 0 aliphatic heterocycles. The maximum absolute atomic E-state index is 6.58. The Morgan fingerprint density at radius 3 is 1.65 bits per heavy atom. The van der Waals surface area contributed by atoms with Gasteiger partial charge in [0.15, 0.2) is 0 Å². The minimum atomic E-state index is -5.09. The number of hydrogen-bond acceptors (Lipinski definition) is 0. The van der Waals surface area contributed by atoms with Gasteiger partial charge >= 0.3 is 277 Å². The molecule has 0 atom stereocenters. The van der Waals surface area contributed by atoms with Crippen LogP contribution in [0.1, 0.15) is 81.3 Å². The first-order chi connectivity index (χ1) is 20.5. The summed E-state index contributed by atoms with van der Waals surface area (Å²) in [4.78, 5) is 0. The van der Waals surface area contributed by atoms with Crippen LogP contribution in [0.25, 0.3) is 11.1 Å². The van der Waals surface area contributed by atoms with E-state index in [-0.39, 0.29) is 35.6 Å². The molecular weight excluding hydrogens is 813 g/mol. The Bertz CT molecular complexity index is 1900. The van der Waals surface area contributed by atoms with E-state index < -0.39 is 18.0 Å². The molecule has 0 bridgehead atoms. The molecule has 4 aromatic rings. The molecule has 2 aliphatic carbocycles. The van der Waals surface area contributed by atoms with Crippen LogP contribution in [-0.2, 0) is 35.3 Å². The van der Waals surface area contributed by atoms with E-state index in [4.69, 9.17) is 27.5 Å². The van der Waals surface area contributed by atoms with Gasteiger partial charge in [0.25, 0.3) is 0 Å². The van der Waals surface area contributed by atoms with Crippen molar-refractivity contribution in [2.45, 2.75) is 79.1 Å². The van der Waals surface area contributed by atoms with Crippen molar-refractivity contribution in [2.75, 3.05) is 0 Å². The Hall–Kier alpha value is -1.74. The third kappa shape index (κ3) is 5.61. The fourth-order valence-corrected chi connectivity index (χ4v) is 32.6. The van der Waals surface area contributed by atoms with E-state index in [9.17, 15) is 0 Å². The molecule has 4 aromatic carbocycles. The molecule has 0 saturated heterocycles. The Kier molecular flexibility index (Phi) is 10.2. The van der Waals surface area contributed by atoms with Gasteiger partial charge < -0.3 is 0 Å². The van der Waals surface area contributed by atoms with Gasteiger partial charge in [0.1, 0.15) is 0 Å². The van der Waals surface area contributed by atoms with Crippen LogP contribution < -0.4 is 9.96 Å². The molecule has 0 amide bonds. The van der Waals surface area contributed by atoms with Gasteiger partial charge in [-0.15, -0.1) is 24.8 Å². The van der Waals surface area contributed by atoms with Gasteiger partial charge in [0.2, 0.25) is 0 Å². The van der Waals surface area contributed by atoms with Crippen molar-refractivity contribution >= 4 is 62.2 Å². The molecule has 0 heterocycles. The number of hydrogen-bond donors (Lipinski definition) is 0. The van der Waals surface area contributed by atoms with Gasteiger partial charge in [0.05, 0.1) is 0 Å². The Labute approximate surface area is 299 Å². The molecule has 0 radical (unpaired) electrons. The van der Waals surface area contributed by atoms with E-state index in [1.54, 1.807) is 0 Å². The molecule has 0 unspecified atom stereocenters. The first kappa shape index (κ1) is 37.1. The fourth-order valence-electron chi connectivity index (χ4n) is 8.43. The van der Waals surface area contributed by atoms with Gasteiger partial charge in [-0.3, -0.25) is 0 Å². The monoisotopic (exact) mass is 858 g/mol. The van der Waals surface area contributed by atoms with Crippen molar-refractivity contribution in [2.24, 2.45) is 0 Å². The van der Waals surface area contributed by atoms with E-state index in [1.807, 2.05) is 0 Å². The number of halogens is 4. The molecule has 0 saturated carbocycles. The van der Waals surface area contributed by atoms with Crippen molar-refractivity contribution in [1.29, 1.82) is 0 Å². The Balaban J connectivity index is 0.00000240. The number of rotatable bonds is 4. The van der Waals surface area contributed by atoms with Gasteiger partial charge in [-0.05, 0) is 0 Å². The van der Waals surface area contributed by atoms with Crippen molar-refractivity contribution in [1.82, 2.24) is 0 Å². The summed E-state index contributed by atoms with van der Waals surface area (Å²) >= 11 is 8.06. The van der Waals surface area contributed by atoms with Crippen molar-refractivity contribution in [3.63, 3.8) is 0 Å². The van der Waals surface area contributed by atoms with Gasteiger partial charge in [-0.25, -0.2) is 0 Å². The number of benzene rings is 4. The van der Waals surface area contributed by atoms with Crippen LogP contribution in [0.15, 0.2) is 88.3 Å². The van der Waals surface area contributed by atoms with Crippen LogP contribution in [0.3, 0.4) is 0 Å². The molecule has 46 heavy (non-hydrogen) atoms. The predicted molar refractivity (Wildman–Crippen MR) is 207 cm³/mol. The van der Waals surface area contributed by atoms with Crippen LogP contribution in [0.2, 0.25) is 10.0 Å². The molecule has 242 valence electrons. The normalized spacial score (nSPS) is 14.3. The molecule has 0 nitrogen and oxygen atoms in total. The second-order valence-corrected chi connectivity index (χ2v) is 34.8. The molecule has 6 rings (SSSR count). The third-order valence-electron chi connectivity index (χ3n) is 10.4. The van der Waals surface area contributed by atoms with Crippen LogP contribution in [0, 0.1) is 13.8 Å². The summed E-state index contributed by atoms with van der Waals surface area (Å²) in [5.74, 6) is 0. The van der Waals surface area contributed by atoms with E-state index in [0.29, 0.717) is 0 Å². The second-order valence-electron chi connectivity index (χ2n) is 15.2. The zero-order valence-electron chi connectivity index (χ0n) is 28.3. The van der Waals surface area contributed by atoms with Gasteiger partial charge in [-0.2, -0.15) is 0 Å². The van der Waals surface area contributed by atoms with Gasteiger partial charge in [-0.1, -0.05) is 0 Å². The molecule has 2 aliphatic rings. The maximum atomic E-state index is 6.58. The zero-order valence-corrected chi connectivity index (χ0v) is 35.0. The Morgan fingerprint density at radius 2 is 1.20 bits per heavy atom.